The van der Waals surface area contributed by atoms with Crippen molar-refractivity contribution in [2.75, 3.05) is 0 Å². The molecule has 0 N–H and O–H groups in total. The highest BCUT2D eigenvalue weighted by Gasteiger charge is 2.65. The van der Waals surface area contributed by atoms with Crippen molar-refractivity contribution in [2.24, 2.45) is 11.3 Å². The Balaban J connectivity index is 2.35. The molecule has 0 spiro atoms. The number of allylic oxidation sites excluding steroid dienone is 1. The number of hydrogen-bond donors (Lipinski definition) is 0. The second kappa shape index (κ2) is 3.16. The summed E-state index contributed by atoms with van der Waals surface area (Å²) in [6, 6.07) is 3.24. The van der Waals surface area contributed by atoms with Crippen LogP contribution in [0.4, 0.5) is 19.4 Å². The van der Waals surface area contributed by atoms with Crippen LogP contribution in [0.5, 0.6) is 0 Å². The Morgan fingerprint density at radius 3 is 1.84 bits per heavy atom. The summed E-state index contributed by atoms with van der Waals surface area (Å²) in [5, 5.41) is 0. The molecule has 1 aromatic rings. The molecule has 19 heavy (non-hydrogen) atoms. The maximum Gasteiger partial charge on any atom is 0.310 e. The van der Waals surface area contributed by atoms with Gasteiger partial charge in [-0.05, 0) is 34.9 Å². The van der Waals surface area contributed by atoms with Crippen molar-refractivity contribution in [1.29, 1.82) is 0 Å². The van der Waals surface area contributed by atoms with Gasteiger partial charge in [0.2, 0.25) is 0 Å². The molecule has 1 saturated carbocycles. The molecule has 1 aliphatic rings. The molecule has 0 amide bonds. The van der Waals surface area contributed by atoms with Crippen LogP contribution in [-0.2, 0) is 0 Å². The van der Waals surface area contributed by atoms with Crippen molar-refractivity contribution in [3.63, 3.8) is 0 Å². The van der Waals surface area contributed by atoms with Crippen LogP contribution in [0.3, 0.4) is 0 Å². The normalized spacial score (nSPS) is 29.2. The van der Waals surface area contributed by atoms with E-state index in [4.69, 9.17) is 0 Å². The lowest BCUT2D eigenvalue weighted by molar-refractivity contribution is 0.364. The highest BCUT2D eigenvalue weighted by atomic mass is 32.5. The first-order valence-corrected chi connectivity index (χ1v) is 7.69. The highest BCUT2D eigenvalue weighted by molar-refractivity contribution is 8.45. The van der Waals surface area contributed by atoms with Crippen LogP contribution in [-0.4, -0.2) is 0 Å². The Labute approximate surface area is 109 Å². The molecular formula is C13H15F5S. The molecule has 2 rings (SSSR count). The molecule has 108 valence electrons. The van der Waals surface area contributed by atoms with Crippen LogP contribution in [0.25, 0.3) is 0 Å². The van der Waals surface area contributed by atoms with E-state index in [0.29, 0.717) is 17.7 Å². The molecule has 1 fully saturated rings. The zero-order valence-electron chi connectivity index (χ0n) is 10.5. The Morgan fingerprint density at radius 1 is 1.05 bits per heavy atom. The number of benzene rings is 1. The summed E-state index contributed by atoms with van der Waals surface area (Å²) in [6.45, 7) is 7.63. The monoisotopic (exact) mass is 298 g/mol. The fourth-order valence-corrected chi connectivity index (χ4v) is 3.34. The summed E-state index contributed by atoms with van der Waals surface area (Å²) in [5.74, 6) is 0.205. The molecule has 0 radical (unpaired) electrons. The second-order valence-corrected chi connectivity index (χ2v) is 8.01. The topological polar surface area (TPSA) is 0 Å². The predicted molar refractivity (Wildman–Crippen MR) is 68.0 cm³/mol. The van der Waals surface area contributed by atoms with Gasteiger partial charge in [0.25, 0.3) is 0 Å². The Hall–Kier alpha value is -1.04. The molecule has 2 atom stereocenters. The van der Waals surface area contributed by atoms with Crippen molar-refractivity contribution in [3.8, 4) is 0 Å². The van der Waals surface area contributed by atoms with Crippen molar-refractivity contribution < 1.29 is 19.4 Å². The zero-order valence-corrected chi connectivity index (χ0v) is 11.4. The van der Waals surface area contributed by atoms with Crippen LogP contribution in [0.1, 0.15) is 25.3 Å². The van der Waals surface area contributed by atoms with Crippen LogP contribution in [0.2, 0.25) is 0 Å². The fraction of sp³-hybridized carbons (Fsp3) is 0.385. The molecule has 1 aliphatic carbocycles. The molecule has 0 nitrogen and oxygen atoms in total. The van der Waals surface area contributed by atoms with E-state index in [9.17, 15) is 19.4 Å². The smallest absolute Gasteiger partial charge is 0.103 e. The van der Waals surface area contributed by atoms with Gasteiger partial charge < -0.3 is 0 Å². The van der Waals surface area contributed by atoms with Gasteiger partial charge in [-0.25, -0.2) is 0 Å². The van der Waals surface area contributed by atoms with E-state index in [1.54, 1.807) is 6.08 Å². The molecule has 0 bridgehead atoms. The average molecular weight is 298 g/mol. The Bertz CT molecular complexity index is 526. The maximum atomic E-state index is 12.6. The molecule has 0 aliphatic heterocycles. The quantitative estimate of drug-likeness (QED) is 0.455. The van der Waals surface area contributed by atoms with Crippen LogP contribution >= 0.6 is 10.2 Å². The first-order chi connectivity index (χ1) is 8.27. The van der Waals surface area contributed by atoms with E-state index in [-0.39, 0.29) is 17.3 Å². The van der Waals surface area contributed by atoms with Crippen molar-refractivity contribution in [3.05, 3.63) is 42.5 Å². The van der Waals surface area contributed by atoms with E-state index in [1.165, 1.54) is 0 Å². The van der Waals surface area contributed by atoms with Gasteiger partial charge in [0.1, 0.15) is 4.90 Å². The third-order valence-electron chi connectivity index (χ3n) is 3.85. The van der Waals surface area contributed by atoms with Crippen molar-refractivity contribution >= 4 is 10.2 Å². The minimum absolute atomic E-state index is 0.0394. The summed E-state index contributed by atoms with van der Waals surface area (Å²) in [7, 11) is -9.56. The van der Waals surface area contributed by atoms with Gasteiger partial charge in [0.15, 0.2) is 0 Å². The molecule has 2 unspecified atom stereocenters. The SMILES string of the molecule is C=CC1C(c2ccc(S(F)(F)(F)(F)F)cc2)C1(C)C. The summed E-state index contributed by atoms with van der Waals surface area (Å²) < 4.78 is 62.9. The first kappa shape index (κ1) is 14.4. The second-order valence-electron chi connectivity index (χ2n) is 5.60. The first-order valence-electron chi connectivity index (χ1n) is 5.74. The van der Waals surface area contributed by atoms with E-state index in [2.05, 4.69) is 6.58 Å². The summed E-state index contributed by atoms with van der Waals surface area (Å²) >= 11 is 0. The lowest BCUT2D eigenvalue weighted by Crippen LogP contribution is -2.05. The molecule has 0 heterocycles. The highest BCUT2D eigenvalue weighted by Crippen LogP contribution is 3.02. The van der Waals surface area contributed by atoms with Crippen molar-refractivity contribution in [2.45, 2.75) is 24.7 Å². The van der Waals surface area contributed by atoms with E-state index in [1.807, 2.05) is 13.8 Å². The average Bonchev–Trinajstić information content (AvgIpc) is 2.77. The summed E-state index contributed by atoms with van der Waals surface area (Å²) in [5.41, 5.74) is 0.554. The predicted octanol–water partition coefficient (Wildman–Crippen LogP) is 6.27. The van der Waals surface area contributed by atoms with E-state index < -0.39 is 15.1 Å². The largest absolute Gasteiger partial charge is 0.310 e. The third-order valence-corrected chi connectivity index (χ3v) is 5.01. The Morgan fingerprint density at radius 2 is 1.53 bits per heavy atom. The van der Waals surface area contributed by atoms with Crippen molar-refractivity contribution in [1.82, 2.24) is 0 Å². The van der Waals surface area contributed by atoms with E-state index in [0.717, 1.165) is 12.1 Å². The number of halogens is 5. The molecule has 0 saturated heterocycles. The zero-order chi connectivity index (χ0) is 14.8. The maximum absolute atomic E-state index is 12.6. The van der Waals surface area contributed by atoms with Gasteiger partial charge >= 0.3 is 10.2 Å². The third kappa shape index (κ3) is 2.50. The summed E-state index contributed by atoms with van der Waals surface area (Å²) in [6.07, 6.45) is 1.75. The minimum Gasteiger partial charge on any atom is -0.103 e. The fourth-order valence-electron chi connectivity index (χ4n) is 2.69. The molecular weight excluding hydrogens is 283 g/mol. The molecule has 6 heteroatoms. The van der Waals surface area contributed by atoms with Crippen LogP contribution in [0, 0.1) is 11.3 Å². The Kier molecular flexibility index (Phi) is 2.39. The molecule has 1 aromatic carbocycles. The van der Waals surface area contributed by atoms with Crippen LogP contribution in [0.15, 0.2) is 41.8 Å². The van der Waals surface area contributed by atoms with Gasteiger partial charge in [-0.3, -0.25) is 0 Å². The van der Waals surface area contributed by atoms with Gasteiger partial charge in [-0.15, -0.1) is 6.58 Å². The minimum atomic E-state index is -9.56. The number of rotatable bonds is 3. The van der Waals surface area contributed by atoms with E-state index >= 15 is 0 Å². The van der Waals surface area contributed by atoms with Gasteiger partial charge in [-0.2, -0.15) is 0 Å². The standard InChI is InChI=1S/C13H15F5S/c1-4-11-12(13(11,2)3)9-5-7-10(8-6-9)19(14,15,16,17)18/h4-8,11-12H,1H2,2-3H3. The number of hydrogen-bond acceptors (Lipinski definition) is 0. The van der Waals surface area contributed by atoms with Gasteiger partial charge in [0.05, 0.1) is 0 Å². The molecule has 0 aromatic heterocycles. The summed E-state index contributed by atoms with van der Waals surface area (Å²) in [4.78, 5) is -1.84. The van der Waals surface area contributed by atoms with Crippen LogP contribution < -0.4 is 0 Å². The lowest BCUT2D eigenvalue weighted by atomic mass is 10.0. The lowest BCUT2D eigenvalue weighted by Gasteiger charge is -2.40. The van der Waals surface area contributed by atoms with Gasteiger partial charge in [-0.1, -0.05) is 51.5 Å². The van der Waals surface area contributed by atoms with Gasteiger partial charge in [0, 0.05) is 0 Å².